The fraction of sp³-hybridized carbons (Fsp3) is 0.632. The highest BCUT2D eigenvalue weighted by Crippen LogP contribution is 2.42. The summed E-state index contributed by atoms with van der Waals surface area (Å²) in [6.45, 7) is 3.92. The van der Waals surface area contributed by atoms with E-state index in [4.69, 9.17) is 0 Å². The number of hydrogen-bond acceptors (Lipinski definition) is 4. The number of rotatable bonds is 2. The number of imide groups is 1. The molecule has 2 aliphatic heterocycles. The van der Waals surface area contributed by atoms with E-state index in [0.717, 1.165) is 47.4 Å². The van der Waals surface area contributed by atoms with Gasteiger partial charge in [0.1, 0.15) is 12.1 Å². The first-order valence-electron chi connectivity index (χ1n) is 9.46. The highest BCUT2D eigenvalue weighted by Gasteiger charge is 2.55. The van der Waals surface area contributed by atoms with Crippen molar-refractivity contribution in [3.63, 3.8) is 0 Å². The van der Waals surface area contributed by atoms with Gasteiger partial charge in [-0.15, -0.1) is 11.3 Å². The zero-order chi connectivity index (χ0) is 18.5. The van der Waals surface area contributed by atoms with Crippen LogP contribution in [-0.4, -0.2) is 46.3 Å². The first kappa shape index (κ1) is 17.5. The average Bonchev–Trinajstić information content (AvgIpc) is 3.16. The van der Waals surface area contributed by atoms with Gasteiger partial charge in [0, 0.05) is 22.5 Å². The molecule has 140 valence electrons. The minimum atomic E-state index is -0.968. The molecule has 0 saturated carbocycles. The summed E-state index contributed by atoms with van der Waals surface area (Å²) in [5.74, 6) is -0.404. The van der Waals surface area contributed by atoms with Crippen molar-refractivity contribution in [2.45, 2.75) is 70.0 Å². The first-order valence-corrected chi connectivity index (χ1v) is 10.3. The maximum atomic E-state index is 13.2. The summed E-state index contributed by atoms with van der Waals surface area (Å²) in [6, 6.07) is 1.80. The van der Waals surface area contributed by atoms with Gasteiger partial charge in [0.05, 0.1) is 0 Å². The Balaban J connectivity index is 1.57. The number of likely N-dealkylation sites (tertiary alicyclic amines) is 1. The molecular weight excluding hydrogens is 350 g/mol. The van der Waals surface area contributed by atoms with Crippen LogP contribution in [0.3, 0.4) is 0 Å². The van der Waals surface area contributed by atoms with Gasteiger partial charge in [-0.05, 0) is 63.8 Å². The fourth-order valence-corrected chi connectivity index (χ4v) is 5.81. The maximum Gasteiger partial charge on any atom is 0.325 e. The molecule has 3 aliphatic rings. The highest BCUT2D eigenvalue weighted by atomic mass is 32.1. The van der Waals surface area contributed by atoms with Gasteiger partial charge < -0.3 is 10.2 Å². The van der Waals surface area contributed by atoms with Gasteiger partial charge in [-0.2, -0.15) is 0 Å². The molecule has 3 atom stereocenters. The molecule has 7 heteroatoms. The van der Waals surface area contributed by atoms with E-state index < -0.39 is 11.6 Å². The summed E-state index contributed by atoms with van der Waals surface area (Å²) in [6.07, 6.45) is 5.46. The predicted molar refractivity (Wildman–Crippen MR) is 98.8 cm³/mol. The summed E-state index contributed by atoms with van der Waals surface area (Å²) in [5, 5.41) is 4.89. The molecule has 3 heterocycles. The smallest absolute Gasteiger partial charge is 0.325 e. The topological polar surface area (TPSA) is 69.7 Å². The molecule has 6 nitrogen and oxygen atoms in total. The second-order valence-corrected chi connectivity index (χ2v) is 8.77. The third kappa shape index (κ3) is 2.55. The molecule has 0 bridgehead atoms. The molecule has 1 spiro atoms. The van der Waals surface area contributed by atoms with E-state index in [9.17, 15) is 14.4 Å². The van der Waals surface area contributed by atoms with Crippen LogP contribution in [0.4, 0.5) is 4.79 Å². The molecule has 0 radical (unpaired) electrons. The van der Waals surface area contributed by atoms with Crippen molar-refractivity contribution < 1.29 is 14.4 Å². The lowest BCUT2D eigenvalue weighted by molar-refractivity contribution is -0.143. The van der Waals surface area contributed by atoms with E-state index in [0.29, 0.717) is 6.42 Å². The second kappa shape index (κ2) is 6.37. The molecular formula is C19H25N3O3S. The second-order valence-electron chi connectivity index (χ2n) is 7.77. The van der Waals surface area contributed by atoms with E-state index in [2.05, 4.69) is 5.32 Å². The van der Waals surface area contributed by atoms with Gasteiger partial charge in [-0.1, -0.05) is 0 Å². The zero-order valence-corrected chi connectivity index (χ0v) is 16.1. The van der Waals surface area contributed by atoms with Crippen LogP contribution in [0.25, 0.3) is 0 Å². The van der Waals surface area contributed by atoms with Crippen LogP contribution in [0.2, 0.25) is 0 Å². The van der Waals surface area contributed by atoms with Gasteiger partial charge in [0.2, 0.25) is 5.91 Å². The van der Waals surface area contributed by atoms with Gasteiger partial charge in [0.25, 0.3) is 5.91 Å². The molecule has 2 saturated heterocycles. The molecule has 26 heavy (non-hydrogen) atoms. The third-order valence-electron chi connectivity index (χ3n) is 6.11. The molecule has 0 aromatic carbocycles. The lowest BCUT2D eigenvalue weighted by atomic mass is 9.80. The minimum absolute atomic E-state index is 0.133. The summed E-state index contributed by atoms with van der Waals surface area (Å²) < 4.78 is 0. The Hall–Kier alpha value is -1.89. The SMILES string of the molecule is C[C@@H]1CCC[C@H](C)N1C(=O)CN1C(=O)N[C@]2(CCCc3sccc32)C1=O. The van der Waals surface area contributed by atoms with Crippen LogP contribution in [0.5, 0.6) is 0 Å². The molecule has 1 N–H and O–H groups in total. The van der Waals surface area contributed by atoms with Crippen molar-refractivity contribution in [2.24, 2.45) is 0 Å². The number of hydrogen-bond donors (Lipinski definition) is 1. The van der Waals surface area contributed by atoms with Crippen LogP contribution in [0.1, 0.15) is 56.4 Å². The molecule has 0 unspecified atom stereocenters. The largest absolute Gasteiger partial charge is 0.336 e. The van der Waals surface area contributed by atoms with Crippen LogP contribution in [0.15, 0.2) is 11.4 Å². The monoisotopic (exact) mass is 375 g/mol. The number of thiophene rings is 1. The van der Waals surface area contributed by atoms with Gasteiger partial charge >= 0.3 is 6.03 Å². The lowest BCUT2D eigenvalue weighted by Crippen LogP contribution is -2.52. The molecule has 1 aromatic rings. The maximum absolute atomic E-state index is 13.2. The third-order valence-corrected chi connectivity index (χ3v) is 7.09. The van der Waals surface area contributed by atoms with Gasteiger partial charge in [0.15, 0.2) is 0 Å². The Morgan fingerprint density at radius 3 is 2.73 bits per heavy atom. The van der Waals surface area contributed by atoms with Crippen molar-refractivity contribution in [1.82, 2.24) is 15.1 Å². The number of urea groups is 1. The summed E-state index contributed by atoms with van der Waals surface area (Å²) in [4.78, 5) is 42.8. The standard InChI is InChI=1S/C19H25N3O3S/c1-12-5-3-6-13(2)22(12)16(23)11-21-17(24)19(20-18(21)25)9-4-7-15-14(19)8-10-26-15/h8,10,12-13H,3-7,9,11H2,1-2H3,(H,20,25)/t12-,13+,19-/m0/s1. The van der Waals surface area contributed by atoms with E-state index >= 15 is 0 Å². The summed E-state index contributed by atoms with van der Waals surface area (Å²) in [7, 11) is 0. The van der Waals surface area contributed by atoms with Crippen molar-refractivity contribution in [3.05, 3.63) is 21.9 Å². The summed E-state index contributed by atoms with van der Waals surface area (Å²) >= 11 is 1.63. The Bertz CT molecular complexity index is 751. The van der Waals surface area contributed by atoms with Crippen LogP contribution in [0, 0.1) is 0 Å². The molecule has 1 aliphatic carbocycles. The molecule has 4 amide bonds. The number of piperidine rings is 1. The Morgan fingerprint density at radius 1 is 1.27 bits per heavy atom. The Labute approximate surface area is 157 Å². The average molecular weight is 375 g/mol. The Morgan fingerprint density at radius 2 is 2.00 bits per heavy atom. The number of nitrogens with one attached hydrogen (secondary N) is 1. The van der Waals surface area contributed by atoms with Crippen LogP contribution in [-0.2, 0) is 21.5 Å². The van der Waals surface area contributed by atoms with Crippen molar-refractivity contribution in [3.8, 4) is 0 Å². The van der Waals surface area contributed by atoms with E-state index in [1.54, 1.807) is 11.3 Å². The van der Waals surface area contributed by atoms with Crippen molar-refractivity contribution in [1.29, 1.82) is 0 Å². The van der Waals surface area contributed by atoms with Crippen molar-refractivity contribution in [2.75, 3.05) is 6.54 Å². The minimum Gasteiger partial charge on any atom is -0.336 e. The number of amides is 4. The van der Waals surface area contributed by atoms with Crippen molar-refractivity contribution >= 4 is 29.2 Å². The van der Waals surface area contributed by atoms with Crippen LogP contribution >= 0.6 is 11.3 Å². The highest BCUT2D eigenvalue weighted by molar-refractivity contribution is 7.10. The number of nitrogens with zero attached hydrogens (tertiary/aromatic N) is 2. The predicted octanol–water partition coefficient (Wildman–Crippen LogP) is 2.62. The molecule has 2 fully saturated rings. The summed E-state index contributed by atoms with van der Waals surface area (Å²) in [5.41, 5.74) is -0.0499. The first-order chi connectivity index (χ1) is 12.4. The number of aryl methyl sites for hydroxylation is 1. The Kier molecular flexibility index (Phi) is 4.29. The quantitative estimate of drug-likeness (QED) is 0.808. The van der Waals surface area contributed by atoms with Crippen LogP contribution < -0.4 is 5.32 Å². The fourth-order valence-electron chi connectivity index (χ4n) is 4.81. The lowest BCUT2D eigenvalue weighted by Gasteiger charge is -2.39. The zero-order valence-electron chi connectivity index (χ0n) is 15.3. The van der Waals surface area contributed by atoms with E-state index in [-0.39, 0.29) is 30.4 Å². The van der Waals surface area contributed by atoms with E-state index in [1.807, 2.05) is 30.2 Å². The molecule has 4 rings (SSSR count). The molecule has 1 aromatic heterocycles. The normalized spacial score (nSPS) is 31.3. The number of fused-ring (bicyclic) bond motifs is 2. The van der Waals surface area contributed by atoms with Gasteiger partial charge in [-0.3, -0.25) is 14.5 Å². The van der Waals surface area contributed by atoms with Gasteiger partial charge in [-0.25, -0.2) is 4.79 Å². The number of carbonyl (C=O) groups is 3. The number of carbonyl (C=O) groups excluding carboxylic acids is 3. The van der Waals surface area contributed by atoms with E-state index in [1.165, 1.54) is 0 Å².